The topological polar surface area (TPSA) is 72.2 Å². The van der Waals surface area contributed by atoms with Crippen LogP contribution in [-0.2, 0) is 10.0 Å². The molecule has 0 fully saturated rings. The van der Waals surface area contributed by atoms with E-state index in [0.717, 1.165) is 10.0 Å². The van der Waals surface area contributed by atoms with E-state index in [9.17, 15) is 8.42 Å². The van der Waals surface area contributed by atoms with E-state index in [1.165, 1.54) is 12.1 Å². The highest BCUT2D eigenvalue weighted by Gasteiger charge is 2.19. The maximum atomic E-state index is 12.4. The number of sulfonamides is 1. The molecule has 0 aliphatic carbocycles. The van der Waals surface area contributed by atoms with E-state index in [4.69, 9.17) is 5.73 Å². The summed E-state index contributed by atoms with van der Waals surface area (Å²) in [5, 5.41) is 0. The molecule has 0 radical (unpaired) electrons. The third-order valence-electron chi connectivity index (χ3n) is 2.98. The molecule has 0 spiro atoms. The molecule has 2 rings (SSSR count). The van der Waals surface area contributed by atoms with E-state index >= 15 is 0 Å². The van der Waals surface area contributed by atoms with Gasteiger partial charge in [-0.2, -0.15) is 0 Å². The van der Waals surface area contributed by atoms with E-state index in [1.807, 2.05) is 24.3 Å². The van der Waals surface area contributed by atoms with Crippen molar-refractivity contribution in [2.24, 2.45) is 0 Å². The first-order valence-corrected chi connectivity index (χ1v) is 9.19. The van der Waals surface area contributed by atoms with Crippen LogP contribution in [0.5, 0.6) is 0 Å². The van der Waals surface area contributed by atoms with Crippen LogP contribution in [-0.4, -0.2) is 8.42 Å². The first-order chi connectivity index (χ1) is 9.79. The van der Waals surface area contributed by atoms with E-state index in [1.54, 1.807) is 13.0 Å². The van der Waals surface area contributed by atoms with Crippen LogP contribution in [0.1, 0.15) is 18.5 Å². The van der Waals surface area contributed by atoms with Crippen molar-refractivity contribution in [3.63, 3.8) is 0 Å². The second kappa shape index (κ2) is 6.48. The molecule has 1 atom stereocenters. The number of hydrogen-bond acceptors (Lipinski definition) is 3. The lowest BCUT2D eigenvalue weighted by atomic mass is 10.1. The lowest BCUT2D eigenvalue weighted by molar-refractivity contribution is 0.567. The summed E-state index contributed by atoms with van der Waals surface area (Å²) < 4.78 is 28.9. The second-order valence-electron chi connectivity index (χ2n) is 4.58. The number of hydrogen-bond donors (Lipinski definition) is 2. The molecule has 0 saturated heterocycles. The van der Waals surface area contributed by atoms with Gasteiger partial charge < -0.3 is 5.73 Å². The van der Waals surface area contributed by atoms with Crippen molar-refractivity contribution in [1.82, 2.24) is 4.72 Å². The minimum atomic E-state index is -3.60. The fourth-order valence-electron chi connectivity index (χ4n) is 1.80. The van der Waals surface area contributed by atoms with Gasteiger partial charge in [0.1, 0.15) is 0 Å². The lowest BCUT2D eigenvalue weighted by Gasteiger charge is -2.15. The van der Waals surface area contributed by atoms with Crippen LogP contribution >= 0.6 is 31.9 Å². The molecule has 7 heteroatoms. The quantitative estimate of drug-likeness (QED) is 0.719. The molecule has 0 saturated carbocycles. The van der Waals surface area contributed by atoms with Gasteiger partial charge >= 0.3 is 0 Å². The first kappa shape index (κ1) is 16.5. The van der Waals surface area contributed by atoms with Gasteiger partial charge in [0.05, 0.1) is 4.90 Å². The number of nitrogen functional groups attached to an aromatic ring is 1. The van der Waals surface area contributed by atoms with Crippen molar-refractivity contribution in [1.29, 1.82) is 0 Å². The van der Waals surface area contributed by atoms with Crippen molar-refractivity contribution in [2.75, 3.05) is 5.73 Å². The van der Waals surface area contributed by atoms with Gasteiger partial charge in [0.2, 0.25) is 10.0 Å². The molecule has 0 unspecified atom stereocenters. The molecular weight excluding hydrogens is 420 g/mol. The van der Waals surface area contributed by atoms with Gasteiger partial charge in [-0.05, 0) is 58.7 Å². The largest absolute Gasteiger partial charge is 0.398 e. The Morgan fingerprint density at radius 2 is 1.71 bits per heavy atom. The predicted octanol–water partition coefficient (Wildman–Crippen LogP) is 3.83. The average molecular weight is 434 g/mol. The first-order valence-electron chi connectivity index (χ1n) is 6.12. The molecule has 2 aromatic carbocycles. The third-order valence-corrected chi connectivity index (χ3v) is 5.74. The fraction of sp³-hybridized carbons (Fsp3) is 0.143. The SMILES string of the molecule is C[C@@H](NS(=O)(=O)c1ccc(N)c(Br)c1)c1ccc(Br)cc1. The Balaban J connectivity index is 2.24. The van der Waals surface area contributed by atoms with Gasteiger partial charge in [-0.15, -0.1) is 0 Å². The Bertz CT molecular complexity index is 746. The number of nitrogens with one attached hydrogen (secondary N) is 1. The average Bonchev–Trinajstić information content (AvgIpc) is 2.42. The zero-order valence-electron chi connectivity index (χ0n) is 11.2. The zero-order valence-corrected chi connectivity index (χ0v) is 15.2. The number of rotatable bonds is 4. The Morgan fingerprint density at radius 1 is 1.10 bits per heavy atom. The predicted molar refractivity (Wildman–Crippen MR) is 91.4 cm³/mol. The summed E-state index contributed by atoms with van der Waals surface area (Å²) in [7, 11) is -3.60. The summed E-state index contributed by atoms with van der Waals surface area (Å²) in [5.41, 5.74) is 7.05. The number of halogens is 2. The maximum Gasteiger partial charge on any atom is 0.241 e. The Kier molecular flexibility index (Phi) is 5.08. The van der Waals surface area contributed by atoms with Crippen molar-refractivity contribution in [2.45, 2.75) is 17.9 Å². The maximum absolute atomic E-state index is 12.4. The van der Waals surface area contributed by atoms with E-state index in [-0.39, 0.29) is 10.9 Å². The number of anilines is 1. The second-order valence-corrected chi connectivity index (χ2v) is 8.06. The lowest BCUT2D eigenvalue weighted by Crippen LogP contribution is -2.26. The van der Waals surface area contributed by atoms with Crippen molar-refractivity contribution in [3.8, 4) is 0 Å². The molecule has 2 aromatic rings. The van der Waals surface area contributed by atoms with Gasteiger partial charge in [0.25, 0.3) is 0 Å². The Labute approximate surface area is 141 Å². The molecule has 0 aliphatic heterocycles. The molecule has 0 bridgehead atoms. The molecule has 4 nitrogen and oxygen atoms in total. The minimum absolute atomic E-state index is 0.174. The molecule has 3 N–H and O–H groups in total. The van der Waals surface area contributed by atoms with Crippen molar-refractivity contribution >= 4 is 47.6 Å². The van der Waals surface area contributed by atoms with Crippen LogP contribution in [0.3, 0.4) is 0 Å². The highest BCUT2D eigenvalue weighted by Crippen LogP contribution is 2.24. The summed E-state index contributed by atoms with van der Waals surface area (Å²) in [6, 6.07) is 11.7. The monoisotopic (exact) mass is 432 g/mol. The highest BCUT2D eigenvalue weighted by atomic mass is 79.9. The molecular formula is C14H14Br2N2O2S. The fourth-order valence-corrected chi connectivity index (χ4v) is 3.85. The van der Waals surface area contributed by atoms with Crippen LogP contribution in [0.2, 0.25) is 0 Å². The highest BCUT2D eigenvalue weighted by molar-refractivity contribution is 9.10. The van der Waals surface area contributed by atoms with Crippen LogP contribution in [0.4, 0.5) is 5.69 Å². The zero-order chi connectivity index (χ0) is 15.6. The Morgan fingerprint density at radius 3 is 2.29 bits per heavy atom. The standard InChI is InChI=1S/C14H14Br2N2O2S/c1-9(10-2-4-11(15)5-3-10)18-21(19,20)12-6-7-14(17)13(16)8-12/h2-9,18H,17H2,1H3/t9-/m1/s1. The van der Waals surface area contributed by atoms with Crippen LogP contribution in [0, 0.1) is 0 Å². The van der Waals surface area contributed by atoms with Gasteiger partial charge in [-0.3, -0.25) is 0 Å². The normalized spacial score (nSPS) is 13.1. The Hall–Kier alpha value is -0.890. The third kappa shape index (κ3) is 4.06. The summed E-state index contributed by atoms with van der Waals surface area (Å²) in [5.74, 6) is 0. The van der Waals surface area contributed by atoms with Crippen molar-refractivity contribution in [3.05, 3.63) is 57.0 Å². The molecule has 0 amide bonds. The number of benzene rings is 2. The summed E-state index contributed by atoms with van der Waals surface area (Å²) in [6.45, 7) is 1.80. The molecule has 0 aromatic heterocycles. The molecule has 112 valence electrons. The van der Waals surface area contributed by atoms with E-state index in [2.05, 4.69) is 36.6 Å². The smallest absolute Gasteiger partial charge is 0.241 e. The molecule has 0 heterocycles. The van der Waals surface area contributed by atoms with Gasteiger partial charge in [-0.1, -0.05) is 28.1 Å². The van der Waals surface area contributed by atoms with Crippen LogP contribution < -0.4 is 10.5 Å². The summed E-state index contributed by atoms with van der Waals surface area (Å²) in [6.07, 6.45) is 0. The van der Waals surface area contributed by atoms with Gasteiger partial charge in [0, 0.05) is 20.7 Å². The van der Waals surface area contributed by atoms with E-state index in [0.29, 0.717) is 10.2 Å². The van der Waals surface area contributed by atoms with Crippen molar-refractivity contribution < 1.29 is 8.42 Å². The molecule has 0 aliphatic rings. The van der Waals surface area contributed by atoms with Crippen LogP contribution in [0.25, 0.3) is 0 Å². The van der Waals surface area contributed by atoms with Gasteiger partial charge in [0.15, 0.2) is 0 Å². The van der Waals surface area contributed by atoms with Crippen LogP contribution in [0.15, 0.2) is 56.3 Å². The van der Waals surface area contributed by atoms with Gasteiger partial charge in [-0.25, -0.2) is 13.1 Å². The van der Waals surface area contributed by atoms with E-state index < -0.39 is 10.0 Å². The number of nitrogens with two attached hydrogens (primary N) is 1. The summed E-state index contributed by atoms with van der Waals surface area (Å²) >= 11 is 6.59. The summed E-state index contributed by atoms with van der Waals surface area (Å²) in [4.78, 5) is 0.174. The minimum Gasteiger partial charge on any atom is -0.398 e. The molecule has 21 heavy (non-hydrogen) atoms.